The van der Waals surface area contributed by atoms with E-state index in [1.807, 2.05) is 36.4 Å². The van der Waals surface area contributed by atoms with Crippen LogP contribution in [0.1, 0.15) is 36.0 Å². The highest BCUT2D eigenvalue weighted by molar-refractivity contribution is 5.43. The molecule has 0 saturated carbocycles. The van der Waals surface area contributed by atoms with Gasteiger partial charge in [-0.25, -0.2) is 0 Å². The van der Waals surface area contributed by atoms with Crippen LogP contribution in [0.15, 0.2) is 54.6 Å². The molecule has 1 saturated heterocycles. The van der Waals surface area contributed by atoms with Gasteiger partial charge in [0.25, 0.3) is 5.79 Å². The highest BCUT2D eigenvalue weighted by Crippen LogP contribution is 2.52. The first-order valence-corrected chi connectivity index (χ1v) is 7.02. The van der Waals surface area contributed by atoms with Gasteiger partial charge in [0.2, 0.25) is 6.29 Å². The van der Waals surface area contributed by atoms with E-state index in [0.29, 0.717) is 0 Å². The molecule has 102 valence electrons. The van der Waals surface area contributed by atoms with Crippen molar-refractivity contribution in [1.29, 1.82) is 0 Å². The maximum atomic E-state index is 6.16. The van der Waals surface area contributed by atoms with E-state index in [2.05, 4.69) is 25.1 Å². The van der Waals surface area contributed by atoms with Crippen molar-refractivity contribution >= 4 is 0 Å². The van der Waals surface area contributed by atoms with Crippen LogP contribution in [-0.2, 0) is 20.3 Å². The quantitative estimate of drug-likeness (QED) is 0.777. The van der Waals surface area contributed by atoms with Crippen molar-refractivity contribution in [3.63, 3.8) is 0 Å². The molecule has 0 radical (unpaired) electrons. The summed E-state index contributed by atoms with van der Waals surface area (Å²) in [5.74, 6) is -0.709. The van der Waals surface area contributed by atoms with Crippen LogP contribution in [0.4, 0.5) is 0 Å². The zero-order valence-corrected chi connectivity index (χ0v) is 11.3. The van der Waals surface area contributed by atoms with E-state index in [4.69, 9.17) is 14.5 Å². The van der Waals surface area contributed by atoms with Gasteiger partial charge in [0.1, 0.15) is 0 Å². The highest BCUT2D eigenvalue weighted by Gasteiger charge is 2.54. The maximum absolute atomic E-state index is 6.16. The topological polar surface area (TPSA) is 27.7 Å². The first-order valence-electron chi connectivity index (χ1n) is 7.02. The van der Waals surface area contributed by atoms with Crippen LogP contribution in [0.25, 0.3) is 0 Å². The molecular formula is C17H16O3. The number of hydrogen-bond acceptors (Lipinski definition) is 3. The van der Waals surface area contributed by atoms with Crippen LogP contribution < -0.4 is 0 Å². The summed E-state index contributed by atoms with van der Waals surface area (Å²) in [6.07, 6.45) is 0.616. The van der Waals surface area contributed by atoms with Crippen molar-refractivity contribution in [3.05, 3.63) is 71.3 Å². The van der Waals surface area contributed by atoms with Crippen molar-refractivity contribution in [3.8, 4) is 0 Å². The molecule has 3 atom stereocenters. The Morgan fingerprint density at radius 2 is 1.75 bits per heavy atom. The van der Waals surface area contributed by atoms with Crippen LogP contribution in [0.3, 0.4) is 0 Å². The van der Waals surface area contributed by atoms with Crippen molar-refractivity contribution in [2.75, 3.05) is 0 Å². The maximum Gasteiger partial charge on any atom is 0.256 e. The molecule has 1 unspecified atom stereocenters. The average molecular weight is 268 g/mol. The van der Waals surface area contributed by atoms with Gasteiger partial charge in [-0.3, -0.25) is 0 Å². The fourth-order valence-corrected chi connectivity index (χ4v) is 3.18. The molecular weight excluding hydrogens is 252 g/mol. The molecule has 20 heavy (non-hydrogen) atoms. The predicted molar refractivity (Wildman–Crippen MR) is 73.7 cm³/mol. The summed E-state index contributed by atoms with van der Waals surface area (Å²) in [5, 5.41) is 0. The summed E-state index contributed by atoms with van der Waals surface area (Å²) in [5.41, 5.74) is 3.27. The first kappa shape index (κ1) is 12.1. The summed E-state index contributed by atoms with van der Waals surface area (Å²) in [4.78, 5) is 11.2. The number of hydrogen-bond donors (Lipinski definition) is 0. The number of ether oxygens (including phenoxy) is 1. The summed E-state index contributed by atoms with van der Waals surface area (Å²) in [6.45, 7) is 2.14. The highest BCUT2D eigenvalue weighted by atomic mass is 17.3. The van der Waals surface area contributed by atoms with Gasteiger partial charge in [0.05, 0.1) is 0 Å². The lowest BCUT2D eigenvalue weighted by atomic mass is 9.83. The molecule has 3 heteroatoms. The zero-order chi connectivity index (χ0) is 13.6. The van der Waals surface area contributed by atoms with Crippen LogP contribution >= 0.6 is 0 Å². The van der Waals surface area contributed by atoms with Crippen molar-refractivity contribution < 1.29 is 14.5 Å². The van der Waals surface area contributed by atoms with Gasteiger partial charge < -0.3 is 4.74 Å². The lowest BCUT2D eigenvalue weighted by molar-refractivity contribution is -0.322. The standard InChI is InChI=1S/C17H16O3/c1-2-13-14-10-6-7-11-15(14)17(18-16(13)19-20-17)12-8-4-3-5-9-12/h3-11,13,16H,2H2,1H3/t13?,16-,17+/m1/s1. The number of benzene rings is 2. The van der Waals surface area contributed by atoms with Crippen LogP contribution in [0.2, 0.25) is 0 Å². The van der Waals surface area contributed by atoms with E-state index < -0.39 is 5.79 Å². The van der Waals surface area contributed by atoms with Crippen LogP contribution in [-0.4, -0.2) is 6.29 Å². The van der Waals surface area contributed by atoms with Gasteiger partial charge in [-0.05, 0) is 12.0 Å². The largest absolute Gasteiger partial charge is 0.307 e. The van der Waals surface area contributed by atoms with Gasteiger partial charge in [0, 0.05) is 17.0 Å². The Kier molecular flexibility index (Phi) is 2.67. The molecule has 0 amide bonds. The molecule has 1 fully saturated rings. The lowest BCUT2D eigenvalue weighted by Crippen LogP contribution is -2.37. The third-order valence-electron chi connectivity index (χ3n) is 4.18. The Balaban J connectivity index is 1.94. The number of rotatable bonds is 2. The summed E-state index contributed by atoms with van der Waals surface area (Å²) in [7, 11) is 0. The van der Waals surface area contributed by atoms with E-state index in [1.165, 1.54) is 5.56 Å². The molecule has 2 aliphatic rings. The monoisotopic (exact) mass is 268 g/mol. The second-order valence-corrected chi connectivity index (χ2v) is 5.25. The summed E-state index contributed by atoms with van der Waals surface area (Å²) in [6, 6.07) is 18.3. The molecule has 0 aromatic heterocycles. The molecule has 2 aliphatic heterocycles. The van der Waals surface area contributed by atoms with Gasteiger partial charge in [0.15, 0.2) is 0 Å². The first-order chi connectivity index (χ1) is 9.85. The van der Waals surface area contributed by atoms with E-state index in [-0.39, 0.29) is 12.2 Å². The van der Waals surface area contributed by atoms with E-state index in [0.717, 1.165) is 17.5 Å². The molecule has 2 aromatic rings. The molecule has 0 spiro atoms. The molecule has 3 nitrogen and oxygen atoms in total. The third-order valence-corrected chi connectivity index (χ3v) is 4.18. The molecule has 0 aliphatic carbocycles. The van der Waals surface area contributed by atoms with Crippen LogP contribution in [0.5, 0.6) is 0 Å². The fraction of sp³-hybridized carbons (Fsp3) is 0.294. The van der Waals surface area contributed by atoms with Gasteiger partial charge >= 0.3 is 0 Å². The Morgan fingerprint density at radius 1 is 1.00 bits per heavy atom. The van der Waals surface area contributed by atoms with Crippen molar-refractivity contribution in [2.24, 2.45) is 0 Å². The normalized spacial score (nSPS) is 31.1. The minimum Gasteiger partial charge on any atom is -0.307 e. The smallest absolute Gasteiger partial charge is 0.256 e. The molecule has 2 heterocycles. The summed E-state index contributed by atoms with van der Waals surface area (Å²) >= 11 is 0. The van der Waals surface area contributed by atoms with E-state index in [9.17, 15) is 0 Å². The molecule has 0 N–H and O–H groups in total. The Labute approximate surface area is 118 Å². The Bertz CT molecular complexity index is 625. The minimum absolute atomic E-state index is 0.213. The van der Waals surface area contributed by atoms with Crippen molar-refractivity contribution in [2.45, 2.75) is 31.3 Å². The average Bonchev–Trinajstić information content (AvgIpc) is 2.91. The van der Waals surface area contributed by atoms with E-state index >= 15 is 0 Å². The predicted octanol–water partition coefficient (Wildman–Crippen LogP) is 3.70. The minimum atomic E-state index is -0.922. The summed E-state index contributed by atoms with van der Waals surface area (Å²) < 4.78 is 6.16. The second-order valence-electron chi connectivity index (χ2n) is 5.25. The van der Waals surface area contributed by atoms with Crippen molar-refractivity contribution in [1.82, 2.24) is 0 Å². The second kappa shape index (κ2) is 4.42. The molecule has 2 aromatic carbocycles. The van der Waals surface area contributed by atoms with Crippen LogP contribution in [0, 0.1) is 0 Å². The Hall–Kier alpha value is -1.68. The SMILES string of the molecule is CCC1c2ccccc2[C@]2(c3ccccc3)OO[C@H]1O2. The van der Waals surface area contributed by atoms with Gasteiger partial charge in [-0.1, -0.05) is 61.5 Å². The van der Waals surface area contributed by atoms with Gasteiger partial charge in [-0.2, -0.15) is 9.78 Å². The Morgan fingerprint density at radius 3 is 2.55 bits per heavy atom. The molecule has 2 bridgehead atoms. The number of fused-ring (bicyclic) bond motifs is 4. The zero-order valence-electron chi connectivity index (χ0n) is 11.3. The van der Waals surface area contributed by atoms with Gasteiger partial charge in [-0.15, -0.1) is 0 Å². The third kappa shape index (κ3) is 1.51. The fourth-order valence-electron chi connectivity index (χ4n) is 3.18. The lowest BCUT2D eigenvalue weighted by Gasteiger charge is -2.34. The molecule has 4 rings (SSSR count). The van der Waals surface area contributed by atoms with E-state index in [1.54, 1.807) is 0 Å².